The maximum Gasteiger partial charge on any atom is 0.206 e. The van der Waals surface area contributed by atoms with E-state index < -0.39 is 0 Å². The monoisotopic (exact) mass is 634 g/mol. The standard InChI is InChI=1S/C37H36Cl2N6/c38-30-11-3-1-9-28(30)24-44-34-14-6-5-13-32(34)40-37(44)43-21-17-26(18-22-43)27-15-16-33-35(23-27)45(25-29-10-2-4-12-31(29)39)36(41-33)42-19-7-8-20-42/h1-6,9-16,23,26H,7-8,17-22,24-25H2. The van der Waals surface area contributed by atoms with Crippen LogP contribution < -0.4 is 9.80 Å². The maximum atomic E-state index is 6.65. The minimum Gasteiger partial charge on any atom is -0.342 e. The number of hydrogen-bond donors (Lipinski definition) is 0. The average molecular weight is 636 g/mol. The quantitative estimate of drug-likeness (QED) is 0.176. The molecule has 0 amide bonds. The van der Waals surface area contributed by atoms with Crippen LogP contribution in [0, 0.1) is 0 Å². The smallest absolute Gasteiger partial charge is 0.206 e. The number of anilines is 2. The van der Waals surface area contributed by atoms with Crippen molar-refractivity contribution in [1.82, 2.24) is 19.1 Å². The second kappa shape index (κ2) is 12.1. The fourth-order valence-corrected chi connectivity index (χ4v) is 7.55. The van der Waals surface area contributed by atoms with Gasteiger partial charge in [0.15, 0.2) is 0 Å². The summed E-state index contributed by atoms with van der Waals surface area (Å²) in [6, 6.07) is 31.6. The molecule has 0 saturated carbocycles. The third kappa shape index (κ3) is 5.44. The molecule has 2 aliphatic rings. The van der Waals surface area contributed by atoms with Crippen molar-refractivity contribution < 1.29 is 0 Å². The summed E-state index contributed by atoms with van der Waals surface area (Å²) in [5.41, 5.74) is 8.02. The van der Waals surface area contributed by atoms with Gasteiger partial charge in [-0.15, -0.1) is 0 Å². The van der Waals surface area contributed by atoms with E-state index in [1.54, 1.807) is 0 Å². The minimum atomic E-state index is 0.478. The lowest BCUT2D eigenvalue weighted by atomic mass is 9.89. The number of nitrogens with zero attached hydrogens (tertiary/aromatic N) is 6. The van der Waals surface area contributed by atoms with Crippen LogP contribution in [0.15, 0.2) is 91.0 Å². The van der Waals surface area contributed by atoms with Gasteiger partial charge in [-0.2, -0.15) is 0 Å². The first-order valence-corrected chi connectivity index (χ1v) is 16.8. The zero-order valence-electron chi connectivity index (χ0n) is 25.2. The van der Waals surface area contributed by atoms with Gasteiger partial charge in [-0.3, -0.25) is 0 Å². The van der Waals surface area contributed by atoms with Crippen LogP contribution in [0.4, 0.5) is 11.9 Å². The van der Waals surface area contributed by atoms with Crippen LogP contribution in [0.2, 0.25) is 10.0 Å². The van der Waals surface area contributed by atoms with Crippen molar-refractivity contribution in [2.75, 3.05) is 36.0 Å². The van der Waals surface area contributed by atoms with Crippen LogP contribution in [0.1, 0.15) is 48.3 Å². The van der Waals surface area contributed by atoms with E-state index >= 15 is 0 Å². The van der Waals surface area contributed by atoms with Crippen LogP contribution in [0.3, 0.4) is 0 Å². The van der Waals surface area contributed by atoms with Crippen LogP contribution in [-0.2, 0) is 13.1 Å². The number of imidazole rings is 2. The van der Waals surface area contributed by atoms with Gasteiger partial charge in [0.05, 0.1) is 35.2 Å². The Balaban J connectivity index is 1.08. The van der Waals surface area contributed by atoms with E-state index in [-0.39, 0.29) is 0 Å². The topological polar surface area (TPSA) is 42.1 Å². The zero-order chi connectivity index (χ0) is 30.3. The van der Waals surface area contributed by atoms with Crippen molar-refractivity contribution in [2.24, 2.45) is 0 Å². The molecular formula is C37H36Cl2N6. The molecule has 8 heteroatoms. The molecule has 0 N–H and O–H groups in total. The normalized spacial score (nSPS) is 16.0. The number of fused-ring (bicyclic) bond motifs is 2. The molecule has 6 aromatic rings. The van der Waals surface area contributed by atoms with Gasteiger partial charge in [-0.05, 0) is 84.7 Å². The van der Waals surface area contributed by atoms with E-state index in [1.165, 1.54) is 23.9 Å². The summed E-state index contributed by atoms with van der Waals surface area (Å²) in [4.78, 5) is 15.2. The Kier molecular flexibility index (Phi) is 7.64. The Hall–Kier alpha value is -4.00. The molecule has 0 spiro atoms. The van der Waals surface area contributed by atoms with Gasteiger partial charge in [0.25, 0.3) is 0 Å². The third-order valence-corrected chi connectivity index (χ3v) is 10.3. The molecule has 2 saturated heterocycles. The molecule has 6 nitrogen and oxygen atoms in total. The Morgan fingerprint density at radius 3 is 1.76 bits per heavy atom. The van der Waals surface area contributed by atoms with E-state index in [0.29, 0.717) is 19.0 Å². The predicted octanol–water partition coefficient (Wildman–Crippen LogP) is 8.77. The fraction of sp³-hybridized carbons (Fsp3) is 0.297. The number of rotatable bonds is 7. The van der Waals surface area contributed by atoms with Gasteiger partial charge in [0.1, 0.15) is 0 Å². The summed E-state index contributed by atoms with van der Waals surface area (Å²) >= 11 is 13.2. The Bertz CT molecular complexity index is 1980. The summed E-state index contributed by atoms with van der Waals surface area (Å²) in [5.74, 6) is 2.57. The lowest BCUT2D eigenvalue weighted by Gasteiger charge is -2.33. The number of hydrogen-bond acceptors (Lipinski definition) is 4. The highest BCUT2D eigenvalue weighted by Crippen LogP contribution is 2.35. The summed E-state index contributed by atoms with van der Waals surface area (Å²) < 4.78 is 4.72. The highest BCUT2D eigenvalue weighted by atomic mass is 35.5. The summed E-state index contributed by atoms with van der Waals surface area (Å²) in [5, 5.41) is 1.59. The molecule has 8 rings (SSSR count). The first-order valence-electron chi connectivity index (χ1n) is 16.0. The Labute approximate surface area is 273 Å². The highest BCUT2D eigenvalue weighted by Gasteiger charge is 2.27. The molecule has 228 valence electrons. The average Bonchev–Trinajstić information content (AvgIpc) is 3.82. The fourth-order valence-electron chi connectivity index (χ4n) is 7.16. The van der Waals surface area contributed by atoms with Gasteiger partial charge in [0, 0.05) is 36.2 Å². The molecule has 2 aromatic heterocycles. The molecule has 0 aliphatic carbocycles. The lowest BCUT2D eigenvalue weighted by Crippen LogP contribution is -2.35. The van der Waals surface area contributed by atoms with Crippen molar-refractivity contribution in [2.45, 2.75) is 44.7 Å². The lowest BCUT2D eigenvalue weighted by molar-refractivity contribution is 0.495. The summed E-state index contributed by atoms with van der Waals surface area (Å²) in [7, 11) is 0. The number of halogens is 2. The van der Waals surface area contributed by atoms with E-state index in [0.717, 1.165) is 88.6 Å². The molecular weight excluding hydrogens is 599 g/mol. The summed E-state index contributed by atoms with van der Waals surface area (Å²) in [6.45, 7) is 5.42. The van der Waals surface area contributed by atoms with Crippen molar-refractivity contribution in [3.8, 4) is 0 Å². The van der Waals surface area contributed by atoms with Gasteiger partial charge >= 0.3 is 0 Å². The van der Waals surface area contributed by atoms with Crippen molar-refractivity contribution in [3.63, 3.8) is 0 Å². The van der Waals surface area contributed by atoms with Gasteiger partial charge in [-0.1, -0.05) is 77.8 Å². The van der Waals surface area contributed by atoms with Gasteiger partial charge < -0.3 is 18.9 Å². The van der Waals surface area contributed by atoms with Crippen molar-refractivity contribution in [1.29, 1.82) is 0 Å². The van der Waals surface area contributed by atoms with Crippen LogP contribution in [0.5, 0.6) is 0 Å². The maximum absolute atomic E-state index is 6.65. The Morgan fingerprint density at radius 1 is 0.578 bits per heavy atom. The van der Waals surface area contributed by atoms with Crippen molar-refractivity contribution >= 4 is 57.2 Å². The van der Waals surface area contributed by atoms with Crippen LogP contribution in [0.25, 0.3) is 22.1 Å². The first kappa shape index (κ1) is 28.5. The van der Waals surface area contributed by atoms with Gasteiger partial charge in [-0.25, -0.2) is 9.97 Å². The molecule has 4 heterocycles. The molecule has 0 bridgehead atoms. The summed E-state index contributed by atoms with van der Waals surface area (Å²) in [6.07, 6.45) is 4.56. The number of para-hydroxylation sites is 2. The molecule has 0 unspecified atom stereocenters. The number of piperidine rings is 1. The minimum absolute atomic E-state index is 0.478. The largest absolute Gasteiger partial charge is 0.342 e. The third-order valence-electron chi connectivity index (χ3n) is 9.60. The van der Waals surface area contributed by atoms with Crippen LogP contribution in [-0.4, -0.2) is 45.3 Å². The highest BCUT2D eigenvalue weighted by molar-refractivity contribution is 6.31. The van der Waals surface area contributed by atoms with E-state index in [4.69, 9.17) is 33.2 Å². The molecule has 0 atom stereocenters. The van der Waals surface area contributed by atoms with E-state index in [2.05, 4.69) is 85.7 Å². The van der Waals surface area contributed by atoms with Crippen molar-refractivity contribution in [3.05, 3.63) is 118 Å². The van der Waals surface area contributed by atoms with E-state index in [1.807, 2.05) is 24.3 Å². The molecule has 2 aliphatic heterocycles. The molecule has 2 fully saturated rings. The van der Waals surface area contributed by atoms with Gasteiger partial charge in [0.2, 0.25) is 11.9 Å². The SMILES string of the molecule is Clc1ccccc1Cn1c(N2CCCC2)nc2ccc(C3CCN(c4nc5ccccc5n4Cc4ccccc4Cl)CC3)cc21. The Morgan fingerprint density at radius 2 is 1.11 bits per heavy atom. The molecule has 0 radical (unpaired) electrons. The number of aromatic nitrogens is 4. The molecule has 4 aromatic carbocycles. The predicted molar refractivity (Wildman–Crippen MR) is 186 cm³/mol. The van der Waals surface area contributed by atoms with E-state index in [9.17, 15) is 0 Å². The first-order chi connectivity index (χ1) is 22.1. The molecule has 45 heavy (non-hydrogen) atoms. The van der Waals surface area contributed by atoms with Crippen LogP contribution >= 0.6 is 23.2 Å². The zero-order valence-corrected chi connectivity index (χ0v) is 26.8. The second-order valence-electron chi connectivity index (χ2n) is 12.4. The number of benzene rings is 4. The second-order valence-corrected chi connectivity index (χ2v) is 13.2.